The number of phenols is 1. The van der Waals surface area contributed by atoms with E-state index in [0.29, 0.717) is 17.4 Å². The fourth-order valence-electron chi connectivity index (χ4n) is 2.23. The molecule has 0 radical (unpaired) electrons. The molecule has 1 aromatic carbocycles. The first-order chi connectivity index (χ1) is 8.08. The van der Waals surface area contributed by atoms with Gasteiger partial charge in [-0.3, -0.25) is 4.79 Å². The second-order valence-electron chi connectivity index (χ2n) is 5.04. The highest BCUT2D eigenvalue weighted by molar-refractivity contribution is 5.94. The summed E-state index contributed by atoms with van der Waals surface area (Å²) in [5.74, 6) is 1.52. The van der Waals surface area contributed by atoms with Crippen molar-refractivity contribution in [3.63, 3.8) is 0 Å². The number of rotatable bonds is 1. The zero-order chi connectivity index (χ0) is 12.4. The number of phenolic OH excluding ortho intramolecular Hbond substituents is 1. The van der Waals surface area contributed by atoms with Gasteiger partial charge in [0.15, 0.2) is 0 Å². The maximum Gasteiger partial charge on any atom is 0.253 e. The molecule has 1 fully saturated rings. The van der Waals surface area contributed by atoms with Crippen LogP contribution in [0.1, 0.15) is 30.6 Å². The molecule has 1 amide bonds. The van der Waals surface area contributed by atoms with E-state index in [9.17, 15) is 9.90 Å². The Hall–Kier alpha value is -1.51. The molecule has 3 nitrogen and oxygen atoms in total. The summed E-state index contributed by atoms with van der Waals surface area (Å²) in [6, 6.07) is 6.48. The van der Waals surface area contributed by atoms with E-state index in [4.69, 9.17) is 0 Å². The minimum Gasteiger partial charge on any atom is -0.508 e. The molecule has 1 aliphatic heterocycles. The summed E-state index contributed by atoms with van der Waals surface area (Å²) in [5.41, 5.74) is 0.657. The lowest BCUT2D eigenvalue weighted by atomic mass is 9.88. The van der Waals surface area contributed by atoms with Crippen LogP contribution in [0.15, 0.2) is 24.3 Å². The van der Waals surface area contributed by atoms with Crippen LogP contribution in [0.25, 0.3) is 0 Å². The number of hydrogen-bond acceptors (Lipinski definition) is 2. The molecule has 1 heterocycles. The Bertz CT molecular complexity index is 399. The van der Waals surface area contributed by atoms with Crippen molar-refractivity contribution in [1.82, 2.24) is 4.90 Å². The van der Waals surface area contributed by atoms with Gasteiger partial charge in [0.2, 0.25) is 0 Å². The molecule has 0 bridgehead atoms. The summed E-state index contributed by atoms with van der Waals surface area (Å²) in [6.45, 7) is 6.11. The van der Waals surface area contributed by atoms with Crippen LogP contribution in [0, 0.1) is 11.8 Å². The van der Waals surface area contributed by atoms with Crippen molar-refractivity contribution >= 4 is 5.91 Å². The number of nitrogens with zero attached hydrogens (tertiary/aromatic N) is 1. The van der Waals surface area contributed by atoms with Gasteiger partial charge in [0.05, 0.1) is 0 Å². The van der Waals surface area contributed by atoms with Gasteiger partial charge in [-0.15, -0.1) is 0 Å². The third-order valence-electron chi connectivity index (χ3n) is 3.74. The molecule has 17 heavy (non-hydrogen) atoms. The van der Waals surface area contributed by atoms with Crippen molar-refractivity contribution in [2.75, 3.05) is 13.1 Å². The molecule has 0 saturated carbocycles. The summed E-state index contributed by atoms with van der Waals surface area (Å²) in [7, 11) is 0. The van der Waals surface area contributed by atoms with E-state index in [-0.39, 0.29) is 11.7 Å². The van der Waals surface area contributed by atoms with E-state index in [1.54, 1.807) is 24.3 Å². The molecule has 2 atom stereocenters. The van der Waals surface area contributed by atoms with Crippen molar-refractivity contribution in [3.8, 4) is 5.75 Å². The highest BCUT2D eigenvalue weighted by atomic mass is 16.3. The van der Waals surface area contributed by atoms with E-state index in [1.807, 2.05) is 4.90 Å². The number of hydrogen-bond donors (Lipinski definition) is 1. The SMILES string of the molecule is CC1CCN(C(=O)c2ccc(O)cc2)CC1C. The van der Waals surface area contributed by atoms with Crippen molar-refractivity contribution < 1.29 is 9.90 Å². The summed E-state index contributed by atoms with van der Waals surface area (Å²) in [4.78, 5) is 14.1. The van der Waals surface area contributed by atoms with Crippen LogP contribution in [0.2, 0.25) is 0 Å². The molecule has 0 spiro atoms. The van der Waals surface area contributed by atoms with Crippen LogP contribution in [0.5, 0.6) is 5.75 Å². The van der Waals surface area contributed by atoms with Gasteiger partial charge in [0.25, 0.3) is 5.91 Å². The van der Waals surface area contributed by atoms with Crippen LogP contribution in [0.4, 0.5) is 0 Å². The van der Waals surface area contributed by atoms with Crippen LogP contribution >= 0.6 is 0 Å². The van der Waals surface area contributed by atoms with Crippen LogP contribution in [0.3, 0.4) is 0 Å². The van der Waals surface area contributed by atoms with E-state index < -0.39 is 0 Å². The lowest BCUT2D eigenvalue weighted by Gasteiger charge is -2.35. The van der Waals surface area contributed by atoms with Gasteiger partial charge >= 0.3 is 0 Å². The standard InChI is InChI=1S/C14H19NO2/c1-10-7-8-15(9-11(10)2)14(17)12-3-5-13(16)6-4-12/h3-6,10-11,16H,7-9H2,1-2H3. The summed E-state index contributed by atoms with van der Waals surface area (Å²) < 4.78 is 0. The molecule has 1 aliphatic rings. The predicted octanol–water partition coefficient (Wildman–Crippen LogP) is 2.51. The maximum atomic E-state index is 12.2. The molecule has 2 unspecified atom stereocenters. The van der Waals surface area contributed by atoms with Gasteiger partial charge in [-0.1, -0.05) is 13.8 Å². The van der Waals surface area contributed by atoms with E-state index in [1.165, 1.54) is 0 Å². The molecule has 0 aliphatic carbocycles. The first kappa shape index (κ1) is 12.0. The summed E-state index contributed by atoms with van der Waals surface area (Å²) in [6.07, 6.45) is 1.07. The number of likely N-dealkylation sites (tertiary alicyclic amines) is 1. The minimum atomic E-state index is 0.0729. The molecule has 1 aromatic rings. The van der Waals surface area contributed by atoms with Crippen molar-refractivity contribution in [1.29, 1.82) is 0 Å². The Morgan fingerprint density at radius 2 is 1.88 bits per heavy atom. The molecule has 3 heteroatoms. The fraction of sp³-hybridized carbons (Fsp3) is 0.500. The molecule has 1 N–H and O–H groups in total. The third-order valence-corrected chi connectivity index (χ3v) is 3.74. The van der Waals surface area contributed by atoms with E-state index >= 15 is 0 Å². The second-order valence-corrected chi connectivity index (χ2v) is 5.04. The normalized spacial score (nSPS) is 24.7. The highest BCUT2D eigenvalue weighted by Crippen LogP contribution is 2.24. The smallest absolute Gasteiger partial charge is 0.253 e. The van der Waals surface area contributed by atoms with Gasteiger partial charge in [-0.25, -0.2) is 0 Å². The molecular weight excluding hydrogens is 214 g/mol. The zero-order valence-electron chi connectivity index (χ0n) is 10.4. The predicted molar refractivity (Wildman–Crippen MR) is 67.0 cm³/mol. The quantitative estimate of drug-likeness (QED) is 0.809. The number of aromatic hydroxyl groups is 1. The van der Waals surface area contributed by atoms with Crippen molar-refractivity contribution in [2.45, 2.75) is 20.3 Å². The first-order valence-corrected chi connectivity index (χ1v) is 6.16. The monoisotopic (exact) mass is 233 g/mol. The largest absolute Gasteiger partial charge is 0.508 e. The lowest BCUT2D eigenvalue weighted by Crippen LogP contribution is -2.42. The van der Waals surface area contributed by atoms with Gasteiger partial charge in [-0.05, 0) is 42.5 Å². The van der Waals surface area contributed by atoms with Crippen LogP contribution in [-0.2, 0) is 0 Å². The van der Waals surface area contributed by atoms with Gasteiger partial charge in [0, 0.05) is 18.7 Å². The number of carbonyl (C=O) groups is 1. The van der Waals surface area contributed by atoms with Gasteiger partial charge in [-0.2, -0.15) is 0 Å². The highest BCUT2D eigenvalue weighted by Gasteiger charge is 2.26. The van der Waals surface area contributed by atoms with E-state index in [0.717, 1.165) is 19.5 Å². The third kappa shape index (κ3) is 2.60. The Labute approximate surface area is 102 Å². The first-order valence-electron chi connectivity index (χ1n) is 6.16. The van der Waals surface area contributed by atoms with Gasteiger partial charge < -0.3 is 10.0 Å². The average molecular weight is 233 g/mol. The van der Waals surface area contributed by atoms with Gasteiger partial charge in [0.1, 0.15) is 5.75 Å². The van der Waals surface area contributed by atoms with Crippen LogP contribution in [-0.4, -0.2) is 29.0 Å². The number of amides is 1. The lowest BCUT2D eigenvalue weighted by molar-refractivity contribution is 0.0627. The summed E-state index contributed by atoms with van der Waals surface area (Å²) in [5, 5.41) is 9.20. The summed E-state index contributed by atoms with van der Waals surface area (Å²) >= 11 is 0. The molecule has 2 rings (SSSR count). The Balaban J connectivity index is 2.08. The molecule has 0 aromatic heterocycles. The number of carbonyl (C=O) groups excluding carboxylic acids is 1. The zero-order valence-corrected chi connectivity index (χ0v) is 10.4. The van der Waals surface area contributed by atoms with Crippen LogP contribution < -0.4 is 0 Å². The molecule has 1 saturated heterocycles. The molecular formula is C14H19NO2. The topological polar surface area (TPSA) is 40.5 Å². The fourth-order valence-corrected chi connectivity index (χ4v) is 2.23. The van der Waals surface area contributed by atoms with Crippen molar-refractivity contribution in [3.05, 3.63) is 29.8 Å². The Morgan fingerprint density at radius 1 is 1.24 bits per heavy atom. The van der Waals surface area contributed by atoms with Crippen molar-refractivity contribution in [2.24, 2.45) is 11.8 Å². The Morgan fingerprint density at radius 3 is 2.47 bits per heavy atom. The number of benzene rings is 1. The number of piperidine rings is 1. The average Bonchev–Trinajstić information content (AvgIpc) is 2.33. The Kier molecular flexibility index (Phi) is 3.36. The minimum absolute atomic E-state index is 0.0729. The maximum absolute atomic E-state index is 12.2. The molecule has 92 valence electrons. The second kappa shape index (κ2) is 4.78. The van der Waals surface area contributed by atoms with E-state index in [2.05, 4.69) is 13.8 Å².